The lowest BCUT2D eigenvalue weighted by Gasteiger charge is -2.38. The Balaban J connectivity index is 1.79. The second-order valence-electron chi connectivity index (χ2n) is 8.43. The van der Waals surface area contributed by atoms with Crippen LogP contribution in [0.3, 0.4) is 0 Å². The minimum atomic E-state index is -5.08. The summed E-state index contributed by atoms with van der Waals surface area (Å²) >= 11 is 0. The minimum Gasteiger partial charge on any atom is -0.321 e. The molecule has 10 heteroatoms. The molecule has 4 aromatic rings. The van der Waals surface area contributed by atoms with Gasteiger partial charge in [-0.25, -0.2) is 9.50 Å². The molecule has 2 N–H and O–H groups in total. The van der Waals surface area contributed by atoms with Crippen LogP contribution in [0.25, 0.3) is 28.0 Å². The van der Waals surface area contributed by atoms with Gasteiger partial charge in [0, 0.05) is 11.1 Å². The van der Waals surface area contributed by atoms with Crippen molar-refractivity contribution < 1.29 is 26.3 Å². The predicted octanol–water partition coefficient (Wildman–Crippen LogP) is 6.44. The van der Waals surface area contributed by atoms with Crippen LogP contribution in [0.5, 0.6) is 0 Å². The van der Waals surface area contributed by atoms with E-state index >= 15 is 0 Å². The fraction of sp³-hybridized carbons (Fsp3) is 0.250. The molecule has 0 amide bonds. The number of hydrogen-bond donors (Lipinski definition) is 1. The average Bonchev–Trinajstić information content (AvgIpc) is 3.15. The summed E-state index contributed by atoms with van der Waals surface area (Å²) < 4.78 is 82.2. The number of benzene rings is 2. The van der Waals surface area contributed by atoms with Gasteiger partial charge in [0.05, 0.1) is 5.56 Å². The Labute approximate surface area is 190 Å². The topological polar surface area (TPSA) is 56.2 Å². The van der Waals surface area contributed by atoms with E-state index in [2.05, 4.69) is 10.1 Å². The zero-order valence-corrected chi connectivity index (χ0v) is 17.6. The van der Waals surface area contributed by atoms with Crippen molar-refractivity contribution in [2.24, 2.45) is 5.73 Å². The molecule has 0 aliphatic heterocycles. The maximum atomic E-state index is 13.8. The van der Waals surface area contributed by atoms with Gasteiger partial charge in [0.1, 0.15) is 11.4 Å². The van der Waals surface area contributed by atoms with E-state index in [-0.39, 0.29) is 17.3 Å². The molecule has 34 heavy (non-hydrogen) atoms. The number of nitrogens with two attached hydrogens (primary N) is 1. The van der Waals surface area contributed by atoms with Gasteiger partial charge in [-0.1, -0.05) is 54.6 Å². The van der Waals surface area contributed by atoms with Crippen molar-refractivity contribution in [2.75, 3.05) is 0 Å². The lowest BCUT2D eigenvalue weighted by atomic mass is 9.72. The number of hydrogen-bond acceptors (Lipinski definition) is 3. The summed E-state index contributed by atoms with van der Waals surface area (Å²) in [5, 5.41) is 4.11. The van der Waals surface area contributed by atoms with Crippen molar-refractivity contribution in [1.29, 1.82) is 0 Å². The van der Waals surface area contributed by atoms with Crippen molar-refractivity contribution in [3.8, 4) is 22.4 Å². The lowest BCUT2D eigenvalue weighted by molar-refractivity contribution is -0.148. The highest BCUT2D eigenvalue weighted by atomic mass is 19.4. The molecule has 5 rings (SSSR count). The molecular formula is C24H18F6N4. The van der Waals surface area contributed by atoms with Gasteiger partial charge in [0.2, 0.25) is 0 Å². The summed E-state index contributed by atoms with van der Waals surface area (Å²) in [6, 6.07) is 15.1. The summed E-state index contributed by atoms with van der Waals surface area (Å²) in [6.07, 6.45) is -7.49. The van der Waals surface area contributed by atoms with E-state index in [1.165, 1.54) is 0 Å². The van der Waals surface area contributed by atoms with Crippen molar-refractivity contribution in [1.82, 2.24) is 14.6 Å². The molecule has 0 unspecified atom stereocenters. The van der Waals surface area contributed by atoms with Gasteiger partial charge in [-0.15, -0.1) is 0 Å². The van der Waals surface area contributed by atoms with Crippen LogP contribution in [0, 0.1) is 0 Å². The maximum Gasteiger partial charge on any atom is 0.433 e. The Kier molecular flexibility index (Phi) is 4.98. The summed E-state index contributed by atoms with van der Waals surface area (Å²) in [4.78, 5) is 3.58. The fourth-order valence-electron chi connectivity index (χ4n) is 4.24. The van der Waals surface area contributed by atoms with Gasteiger partial charge in [0.25, 0.3) is 0 Å². The van der Waals surface area contributed by atoms with Gasteiger partial charge < -0.3 is 5.73 Å². The van der Waals surface area contributed by atoms with Crippen LogP contribution in [0.2, 0.25) is 0 Å². The van der Waals surface area contributed by atoms with Gasteiger partial charge in [-0.2, -0.15) is 31.4 Å². The largest absolute Gasteiger partial charge is 0.433 e. The summed E-state index contributed by atoms with van der Waals surface area (Å²) in [7, 11) is 0. The van der Waals surface area contributed by atoms with E-state index in [1.807, 2.05) is 0 Å². The van der Waals surface area contributed by atoms with Crippen molar-refractivity contribution >= 4 is 5.65 Å². The SMILES string of the molecule is NC1(c2ccc(-c3nn4c(C(F)(F)F)cc(C(F)(F)F)nc4c3-c3ccccc3)cc2)CCC1. The Morgan fingerprint density at radius 3 is 2.00 bits per heavy atom. The van der Waals surface area contributed by atoms with Crippen molar-refractivity contribution in [3.05, 3.63) is 77.6 Å². The number of rotatable bonds is 3. The maximum absolute atomic E-state index is 13.8. The van der Waals surface area contributed by atoms with E-state index < -0.39 is 34.9 Å². The quantitative estimate of drug-likeness (QED) is 0.346. The predicted molar refractivity (Wildman–Crippen MR) is 114 cm³/mol. The zero-order chi connectivity index (χ0) is 24.3. The first-order valence-electron chi connectivity index (χ1n) is 10.5. The highest BCUT2D eigenvalue weighted by Crippen LogP contribution is 2.42. The number of alkyl halides is 6. The van der Waals surface area contributed by atoms with Crippen LogP contribution in [-0.4, -0.2) is 14.6 Å². The Bertz CT molecular complexity index is 1350. The molecule has 4 nitrogen and oxygen atoms in total. The summed E-state index contributed by atoms with van der Waals surface area (Å²) in [5.41, 5.74) is 4.10. The number of halogens is 6. The first kappa shape index (κ1) is 22.4. The number of fused-ring (bicyclic) bond motifs is 1. The summed E-state index contributed by atoms with van der Waals surface area (Å²) in [6.45, 7) is 0. The molecule has 176 valence electrons. The molecule has 1 aliphatic carbocycles. The van der Waals surface area contributed by atoms with Gasteiger partial charge in [-0.3, -0.25) is 0 Å². The monoisotopic (exact) mass is 476 g/mol. The zero-order valence-electron chi connectivity index (χ0n) is 17.6. The third-order valence-electron chi connectivity index (χ3n) is 6.21. The molecule has 2 aromatic heterocycles. The Morgan fingerprint density at radius 2 is 1.47 bits per heavy atom. The standard InChI is InChI=1S/C24H18F6N4/c25-23(26,27)17-13-18(24(28,29)30)34-21(32-17)19(14-5-2-1-3-6-14)20(33-34)15-7-9-16(10-8-15)22(31)11-4-12-22/h1-3,5-10,13H,4,11-12,31H2. The summed E-state index contributed by atoms with van der Waals surface area (Å²) in [5.74, 6) is 0. The molecule has 0 radical (unpaired) electrons. The molecule has 0 spiro atoms. The highest BCUT2D eigenvalue weighted by Gasteiger charge is 2.41. The molecule has 1 aliphatic rings. The first-order chi connectivity index (χ1) is 16.0. The van der Waals surface area contributed by atoms with Crippen LogP contribution in [0.1, 0.15) is 36.2 Å². The minimum absolute atomic E-state index is 0.0174. The van der Waals surface area contributed by atoms with E-state index in [1.54, 1.807) is 54.6 Å². The van der Waals surface area contributed by atoms with Crippen LogP contribution >= 0.6 is 0 Å². The van der Waals surface area contributed by atoms with Crippen molar-refractivity contribution in [3.63, 3.8) is 0 Å². The molecule has 0 atom stereocenters. The molecule has 2 aromatic carbocycles. The molecular weight excluding hydrogens is 458 g/mol. The van der Waals surface area contributed by atoms with Crippen LogP contribution in [-0.2, 0) is 17.9 Å². The lowest BCUT2D eigenvalue weighted by Crippen LogP contribution is -2.43. The second-order valence-corrected chi connectivity index (χ2v) is 8.43. The molecule has 0 saturated heterocycles. The first-order valence-corrected chi connectivity index (χ1v) is 10.5. The van der Waals surface area contributed by atoms with Crippen LogP contribution in [0.15, 0.2) is 60.7 Å². The fourth-order valence-corrected chi connectivity index (χ4v) is 4.24. The number of aromatic nitrogens is 3. The third-order valence-corrected chi connectivity index (χ3v) is 6.21. The van der Waals surface area contributed by atoms with E-state index in [4.69, 9.17) is 5.73 Å². The molecule has 0 bridgehead atoms. The smallest absolute Gasteiger partial charge is 0.321 e. The Hall–Kier alpha value is -3.40. The number of nitrogens with zero attached hydrogens (tertiary/aromatic N) is 3. The van der Waals surface area contributed by atoms with Gasteiger partial charge in [0.15, 0.2) is 11.3 Å². The van der Waals surface area contributed by atoms with E-state index in [0.29, 0.717) is 15.6 Å². The average molecular weight is 476 g/mol. The van der Waals surface area contributed by atoms with E-state index in [0.717, 1.165) is 24.8 Å². The van der Waals surface area contributed by atoms with Gasteiger partial charge >= 0.3 is 12.4 Å². The van der Waals surface area contributed by atoms with Crippen molar-refractivity contribution in [2.45, 2.75) is 37.2 Å². The van der Waals surface area contributed by atoms with Gasteiger partial charge in [-0.05, 0) is 36.5 Å². The van der Waals surface area contributed by atoms with Crippen LogP contribution in [0.4, 0.5) is 26.3 Å². The normalized spacial score (nSPS) is 16.0. The Morgan fingerprint density at radius 1 is 0.824 bits per heavy atom. The third kappa shape index (κ3) is 3.71. The van der Waals surface area contributed by atoms with Crippen LogP contribution < -0.4 is 5.73 Å². The van der Waals surface area contributed by atoms with E-state index in [9.17, 15) is 26.3 Å². The molecule has 2 heterocycles. The highest BCUT2D eigenvalue weighted by molar-refractivity contribution is 5.90. The molecule has 1 fully saturated rings. The molecule has 1 saturated carbocycles. The second kappa shape index (κ2) is 7.56.